The molecule has 0 spiro atoms. The molecule has 1 aliphatic carbocycles. The predicted molar refractivity (Wildman–Crippen MR) is 109 cm³/mol. The third kappa shape index (κ3) is 3.40. The summed E-state index contributed by atoms with van der Waals surface area (Å²) >= 11 is 0. The van der Waals surface area contributed by atoms with Gasteiger partial charge in [-0.05, 0) is 34.2 Å². The Morgan fingerprint density at radius 2 is 1.70 bits per heavy atom. The molecule has 1 atom stereocenters. The molecule has 3 heteroatoms. The van der Waals surface area contributed by atoms with Crippen LogP contribution in [0.25, 0.3) is 5.57 Å². The molecule has 0 radical (unpaired) electrons. The van der Waals surface area contributed by atoms with Gasteiger partial charge in [0.05, 0.1) is 12.6 Å². The minimum absolute atomic E-state index is 0.319. The number of nitriles is 1. The zero-order valence-electron chi connectivity index (χ0n) is 15.4. The van der Waals surface area contributed by atoms with Crippen LogP contribution in [0, 0.1) is 23.7 Å². The van der Waals surface area contributed by atoms with E-state index < -0.39 is 0 Å². The summed E-state index contributed by atoms with van der Waals surface area (Å²) in [4.78, 5) is 4.92. The van der Waals surface area contributed by atoms with Crippen molar-refractivity contribution in [1.29, 1.82) is 5.26 Å². The van der Waals surface area contributed by atoms with Crippen LogP contribution in [-0.2, 0) is 6.42 Å². The molecule has 27 heavy (non-hydrogen) atoms. The van der Waals surface area contributed by atoms with Gasteiger partial charge in [-0.15, -0.1) is 6.42 Å². The fourth-order valence-corrected chi connectivity index (χ4v) is 4.37. The molecule has 0 amide bonds. The van der Waals surface area contributed by atoms with E-state index >= 15 is 0 Å². The molecule has 1 heterocycles. The molecular formula is C24H23N3. The van der Waals surface area contributed by atoms with Gasteiger partial charge in [0.15, 0.2) is 0 Å². The van der Waals surface area contributed by atoms with Crippen LogP contribution < -0.4 is 0 Å². The van der Waals surface area contributed by atoms with Crippen LogP contribution in [0.3, 0.4) is 0 Å². The molecule has 134 valence electrons. The van der Waals surface area contributed by atoms with Crippen LogP contribution in [0.5, 0.6) is 0 Å². The number of hydrogen-bond acceptors (Lipinski definition) is 3. The molecular weight excluding hydrogens is 330 g/mol. The van der Waals surface area contributed by atoms with Gasteiger partial charge in [-0.2, -0.15) is 5.26 Å². The highest BCUT2D eigenvalue weighted by molar-refractivity contribution is 5.85. The van der Waals surface area contributed by atoms with Gasteiger partial charge in [0.25, 0.3) is 0 Å². The van der Waals surface area contributed by atoms with Crippen molar-refractivity contribution in [2.45, 2.75) is 12.5 Å². The first-order chi connectivity index (χ1) is 13.3. The zero-order valence-corrected chi connectivity index (χ0v) is 15.4. The Hall–Kier alpha value is -2.85. The smallest absolute Gasteiger partial charge is 0.0918 e. The Labute approximate surface area is 161 Å². The maximum Gasteiger partial charge on any atom is 0.0918 e. The van der Waals surface area contributed by atoms with Gasteiger partial charge in [-0.25, -0.2) is 0 Å². The third-order valence-electron chi connectivity index (χ3n) is 5.70. The van der Waals surface area contributed by atoms with Crippen LogP contribution >= 0.6 is 0 Å². The summed E-state index contributed by atoms with van der Waals surface area (Å²) in [5, 5.41) is 9.40. The van der Waals surface area contributed by atoms with Crippen LogP contribution in [-0.4, -0.2) is 42.5 Å². The normalized spacial score (nSPS) is 21.6. The summed E-state index contributed by atoms with van der Waals surface area (Å²) < 4.78 is 0. The average molecular weight is 353 g/mol. The van der Waals surface area contributed by atoms with E-state index in [1.165, 1.54) is 22.3 Å². The molecule has 2 aliphatic rings. The van der Waals surface area contributed by atoms with Crippen molar-refractivity contribution in [3.63, 3.8) is 0 Å². The fourth-order valence-electron chi connectivity index (χ4n) is 4.37. The number of allylic oxidation sites excluding steroid dienone is 1. The zero-order chi connectivity index (χ0) is 18.6. The highest BCUT2D eigenvalue weighted by Gasteiger charge is 2.30. The first-order valence-corrected chi connectivity index (χ1v) is 9.49. The molecule has 2 aromatic carbocycles. The molecule has 0 saturated carbocycles. The van der Waals surface area contributed by atoms with Crippen molar-refractivity contribution in [3.05, 3.63) is 76.9 Å². The maximum absolute atomic E-state index is 9.40. The molecule has 1 fully saturated rings. The van der Waals surface area contributed by atoms with E-state index in [1.54, 1.807) is 6.08 Å². The van der Waals surface area contributed by atoms with Crippen molar-refractivity contribution in [1.82, 2.24) is 9.80 Å². The Morgan fingerprint density at radius 3 is 2.44 bits per heavy atom. The van der Waals surface area contributed by atoms with E-state index in [0.29, 0.717) is 6.04 Å². The number of terminal acetylenes is 1. The fraction of sp³-hybridized carbons (Fsp3) is 0.292. The highest BCUT2D eigenvalue weighted by Crippen LogP contribution is 2.40. The molecule has 1 aliphatic heterocycles. The summed E-state index contributed by atoms with van der Waals surface area (Å²) in [7, 11) is 0. The first kappa shape index (κ1) is 17.6. The number of benzene rings is 2. The lowest BCUT2D eigenvalue weighted by Crippen LogP contribution is -2.48. The SMILES string of the molecule is C#CCN1CCN(C2Cc3ccccc3/C(=C/C#N)c3ccccc32)CC1. The van der Waals surface area contributed by atoms with Gasteiger partial charge in [0.1, 0.15) is 0 Å². The third-order valence-corrected chi connectivity index (χ3v) is 5.70. The second-order valence-corrected chi connectivity index (χ2v) is 7.17. The Bertz CT molecular complexity index is 937. The van der Waals surface area contributed by atoms with Crippen molar-refractivity contribution in [2.75, 3.05) is 32.7 Å². The Morgan fingerprint density at radius 1 is 1.00 bits per heavy atom. The largest absolute Gasteiger partial charge is 0.293 e. The lowest BCUT2D eigenvalue weighted by molar-refractivity contribution is 0.104. The van der Waals surface area contributed by atoms with E-state index in [1.807, 2.05) is 0 Å². The summed E-state index contributed by atoms with van der Waals surface area (Å²) in [6.45, 7) is 4.77. The van der Waals surface area contributed by atoms with Crippen molar-refractivity contribution < 1.29 is 0 Å². The van der Waals surface area contributed by atoms with Gasteiger partial charge in [0.2, 0.25) is 0 Å². The monoisotopic (exact) mass is 353 g/mol. The molecule has 0 aromatic heterocycles. The Balaban J connectivity index is 1.76. The minimum atomic E-state index is 0.319. The quantitative estimate of drug-likeness (QED) is 0.612. The molecule has 0 N–H and O–H groups in total. The van der Waals surface area contributed by atoms with Crippen LogP contribution in [0.1, 0.15) is 28.3 Å². The lowest BCUT2D eigenvalue weighted by atomic mass is 9.93. The molecule has 0 bridgehead atoms. The summed E-state index contributed by atoms with van der Waals surface area (Å²) in [5.41, 5.74) is 6.03. The van der Waals surface area contributed by atoms with Crippen LogP contribution in [0.15, 0.2) is 54.6 Å². The summed E-state index contributed by atoms with van der Waals surface area (Å²) in [5.74, 6) is 2.76. The topological polar surface area (TPSA) is 30.3 Å². The molecule has 1 unspecified atom stereocenters. The summed E-state index contributed by atoms with van der Waals surface area (Å²) in [6.07, 6.45) is 8.14. The average Bonchev–Trinajstić information content (AvgIpc) is 2.85. The molecule has 4 rings (SSSR count). The number of hydrogen-bond donors (Lipinski definition) is 0. The number of piperazine rings is 1. The van der Waals surface area contributed by atoms with Crippen LogP contribution in [0.4, 0.5) is 0 Å². The highest BCUT2D eigenvalue weighted by atomic mass is 15.3. The number of fused-ring (bicyclic) bond motifs is 2. The van der Waals surface area contributed by atoms with Crippen LogP contribution in [0.2, 0.25) is 0 Å². The second kappa shape index (κ2) is 7.80. The van der Waals surface area contributed by atoms with E-state index in [2.05, 4.69) is 70.3 Å². The standard InChI is InChI=1S/C24H23N3/c1-2-13-26-14-16-27(17-15-26)24-18-19-7-3-4-8-20(19)22(11-12-25)21-9-5-6-10-23(21)24/h1,3-11,24H,13-18H2/b22-11-. The minimum Gasteiger partial charge on any atom is -0.293 e. The first-order valence-electron chi connectivity index (χ1n) is 9.49. The number of rotatable bonds is 2. The maximum atomic E-state index is 9.40. The van der Waals surface area contributed by atoms with Gasteiger partial charge in [-0.3, -0.25) is 9.80 Å². The summed E-state index contributed by atoms with van der Waals surface area (Å²) in [6, 6.07) is 19.6. The number of nitrogens with zero attached hydrogens (tertiary/aromatic N) is 3. The van der Waals surface area contributed by atoms with Crippen molar-refractivity contribution in [3.8, 4) is 18.4 Å². The molecule has 3 nitrogen and oxygen atoms in total. The lowest BCUT2D eigenvalue weighted by Gasteiger charge is -2.39. The van der Waals surface area contributed by atoms with Gasteiger partial charge >= 0.3 is 0 Å². The van der Waals surface area contributed by atoms with Crippen molar-refractivity contribution in [2.24, 2.45) is 0 Å². The Kier molecular flexibility index (Phi) is 5.07. The second-order valence-electron chi connectivity index (χ2n) is 7.17. The van der Waals surface area contributed by atoms with Gasteiger partial charge in [0, 0.05) is 38.3 Å². The van der Waals surface area contributed by atoms with E-state index in [4.69, 9.17) is 6.42 Å². The van der Waals surface area contributed by atoms with Gasteiger partial charge in [-0.1, -0.05) is 54.5 Å². The van der Waals surface area contributed by atoms with E-state index in [0.717, 1.165) is 44.7 Å². The van der Waals surface area contributed by atoms with E-state index in [-0.39, 0.29) is 0 Å². The van der Waals surface area contributed by atoms with E-state index in [9.17, 15) is 5.26 Å². The predicted octanol–water partition coefficient (Wildman–Crippen LogP) is 3.49. The van der Waals surface area contributed by atoms with Crippen molar-refractivity contribution >= 4 is 5.57 Å². The molecule has 2 aromatic rings. The molecule has 1 saturated heterocycles. The van der Waals surface area contributed by atoms with Gasteiger partial charge < -0.3 is 0 Å².